The van der Waals surface area contributed by atoms with E-state index in [1.54, 1.807) is 24.5 Å². The molecule has 8 heteroatoms. The molecule has 0 atom stereocenters. The molecule has 0 saturated heterocycles. The van der Waals surface area contributed by atoms with Crippen LogP contribution in [-0.2, 0) is 0 Å². The van der Waals surface area contributed by atoms with Crippen LogP contribution in [0, 0.1) is 0 Å². The second-order valence-corrected chi connectivity index (χ2v) is 5.53. The first-order valence-corrected chi connectivity index (χ1v) is 7.81. The molecule has 0 aliphatic heterocycles. The van der Waals surface area contributed by atoms with E-state index in [0.29, 0.717) is 23.8 Å². The highest BCUT2D eigenvalue weighted by Gasteiger charge is 2.07. The van der Waals surface area contributed by atoms with Gasteiger partial charge in [-0.05, 0) is 24.3 Å². The zero-order valence-electron chi connectivity index (χ0n) is 12.1. The van der Waals surface area contributed by atoms with Gasteiger partial charge in [-0.25, -0.2) is 0 Å². The quantitative estimate of drug-likeness (QED) is 0.672. The molecule has 1 amide bonds. The smallest absolute Gasteiger partial charge is 0.252 e. The Labute approximate surface area is 136 Å². The summed E-state index contributed by atoms with van der Waals surface area (Å²) in [6.07, 6.45) is 4.89. The molecule has 0 fully saturated rings. The van der Waals surface area contributed by atoms with Crippen molar-refractivity contribution < 1.29 is 4.79 Å². The molecule has 116 valence electrons. The topological polar surface area (TPSA) is 92.7 Å². The second-order valence-electron chi connectivity index (χ2n) is 4.55. The van der Waals surface area contributed by atoms with Crippen molar-refractivity contribution in [3.05, 3.63) is 54.5 Å². The lowest BCUT2D eigenvalue weighted by molar-refractivity contribution is 0.0955. The fraction of sp³-hybridized carbons (Fsp3) is 0.133. The number of hydrogen-bond acceptors (Lipinski definition) is 7. The van der Waals surface area contributed by atoms with E-state index in [0.717, 1.165) is 10.7 Å². The van der Waals surface area contributed by atoms with Gasteiger partial charge in [0, 0.05) is 31.7 Å². The zero-order chi connectivity index (χ0) is 15.9. The summed E-state index contributed by atoms with van der Waals surface area (Å²) in [5.74, 6) is -0.147. The molecule has 0 aromatic carbocycles. The molecule has 2 N–H and O–H groups in total. The van der Waals surface area contributed by atoms with Crippen LogP contribution < -0.4 is 10.6 Å². The molecule has 0 bridgehead atoms. The summed E-state index contributed by atoms with van der Waals surface area (Å²) in [6.45, 7) is 1.04. The Morgan fingerprint density at radius 2 is 2.04 bits per heavy atom. The van der Waals surface area contributed by atoms with E-state index in [2.05, 4.69) is 30.8 Å². The molecular weight excluding hydrogens is 312 g/mol. The summed E-state index contributed by atoms with van der Waals surface area (Å²) in [5, 5.41) is 15.5. The van der Waals surface area contributed by atoms with E-state index in [1.807, 2.05) is 18.2 Å². The first kappa shape index (κ1) is 15.0. The largest absolute Gasteiger partial charge is 0.358 e. The number of nitrogens with one attached hydrogen (secondary N) is 2. The molecule has 23 heavy (non-hydrogen) atoms. The number of pyridine rings is 2. The molecule has 3 aromatic rings. The molecule has 3 rings (SSSR count). The lowest BCUT2D eigenvalue weighted by Crippen LogP contribution is -2.28. The van der Waals surface area contributed by atoms with Crippen molar-refractivity contribution in [2.24, 2.45) is 0 Å². The fourth-order valence-corrected chi connectivity index (χ4v) is 2.58. The minimum Gasteiger partial charge on any atom is -0.358 e. The summed E-state index contributed by atoms with van der Waals surface area (Å²) >= 11 is 1.42. The highest BCUT2D eigenvalue weighted by Crippen LogP contribution is 2.23. The van der Waals surface area contributed by atoms with Gasteiger partial charge in [0.2, 0.25) is 5.13 Å². The predicted octanol–water partition coefficient (Wildman–Crippen LogP) is 1.84. The van der Waals surface area contributed by atoms with Gasteiger partial charge < -0.3 is 10.6 Å². The number of amides is 1. The van der Waals surface area contributed by atoms with Crippen LogP contribution in [0.15, 0.2) is 48.9 Å². The standard InChI is InChI=1S/C15H14N6OS/c22-13(11-4-3-6-16-10-11)18-8-9-19-15-21-20-14(23-15)12-5-1-2-7-17-12/h1-7,10H,8-9H2,(H,18,22)(H,19,21). The van der Waals surface area contributed by atoms with Gasteiger partial charge in [-0.2, -0.15) is 0 Å². The van der Waals surface area contributed by atoms with Crippen LogP contribution in [-0.4, -0.2) is 39.2 Å². The van der Waals surface area contributed by atoms with Gasteiger partial charge in [0.05, 0.1) is 5.56 Å². The minimum absolute atomic E-state index is 0.147. The van der Waals surface area contributed by atoms with Gasteiger partial charge in [0.25, 0.3) is 5.91 Å². The second kappa shape index (κ2) is 7.41. The number of hydrogen-bond donors (Lipinski definition) is 2. The summed E-state index contributed by atoms with van der Waals surface area (Å²) < 4.78 is 0. The lowest BCUT2D eigenvalue weighted by atomic mass is 10.3. The summed E-state index contributed by atoms with van der Waals surface area (Å²) in [6, 6.07) is 9.10. The Bertz CT molecular complexity index is 762. The van der Waals surface area contributed by atoms with E-state index in [-0.39, 0.29) is 5.91 Å². The zero-order valence-corrected chi connectivity index (χ0v) is 13.0. The van der Waals surface area contributed by atoms with E-state index in [9.17, 15) is 4.79 Å². The van der Waals surface area contributed by atoms with Crippen molar-refractivity contribution in [2.45, 2.75) is 0 Å². The van der Waals surface area contributed by atoms with Crippen molar-refractivity contribution in [2.75, 3.05) is 18.4 Å². The average molecular weight is 326 g/mol. The molecule has 0 aliphatic rings. The summed E-state index contributed by atoms with van der Waals surface area (Å²) in [5.41, 5.74) is 1.34. The minimum atomic E-state index is -0.147. The van der Waals surface area contributed by atoms with Crippen LogP contribution >= 0.6 is 11.3 Å². The highest BCUT2D eigenvalue weighted by molar-refractivity contribution is 7.18. The third kappa shape index (κ3) is 4.07. The van der Waals surface area contributed by atoms with Crippen molar-refractivity contribution in [1.82, 2.24) is 25.5 Å². The number of anilines is 1. The Balaban J connectivity index is 1.46. The molecule has 0 radical (unpaired) electrons. The normalized spacial score (nSPS) is 10.3. The van der Waals surface area contributed by atoms with Gasteiger partial charge in [-0.1, -0.05) is 17.4 Å². The van der Waals surface area contributed by atoms with Crippen LogP contribution in [0.2, 0.25) is 0 Å². The van der Waals surface area contributed by atoms with Gasteiger partial charge >= 0.3 is 0 Å². The number of rotatable bonds is 6. The third-order valence-corrected chi connectivity index (χ3v) is 3.82. The maximum atomic E-state index is 11.8. The van der Waals surface area contributed by atoms with Crippen molar-refractivity contribution in [3.8, 4) is 10.7 Å². The first-order valence-electron chi connectivity index (χ1n) is 7.00. The Kier molecular flexibility index (Phi) is 4.85. The van der Waals surface area contributed by atoms with E-state index >= 15 is 0 Å². The van der Waals surface area contributed by atoms with Crippen LogP contribution in [0.3, 0.4) is 0 Å². The SMILES string of the molecule is O=C(NCCNc1nnc(-c2ccccn2)s1)c1cccnc1. The molecule has 0 unspecified atom stereocenters. The van der Waals surface area contributed by atoms with Crippen LogP contribution in [0.4, 0.5) is 5.13 Å². The van der Waals surface area contributed by atoms with Crippen LogP contribution in [0.25, 0.3) is 10.7 Å². The molecule has 0 aliphatic carbocycles. The first-order chi connectivity index (χ1) is 11.3. The molecular formula is C15H14N6OS. The van der Waals surface area contributed by atoms with E-state index < -0.39 is 0 Å². The van der Waals surface area contributed by atoms with E-state index in [1.165, 1.54) is 17.5 Å². The average Bonchev–Trinajstić information content (AvgIpc) is 3.09. The van der Waals surface area contributed by atoms with Crippen molar-refractivity contribution >= 4 is 22.4 Å². The Hall–Kier alpha value is -2.87. The van der Waals surface area contributed by atoms with Gasteiger partial charge in [0.15, 0.2) is 5.01 Å². The lowest BCUT2D eigenvalue weighted by Gasteiger charge is -2.05. The third-order valence-electron chi connectivity index (χ3n) is 2.92. The van der Waals surface area contributed by atoms with Crippen molar-refractivity contribution in [3.63, 3.8) is 0 Å². The molecule has 7 nitrogen and oxygen atoms in total. The molecule has 0 spiro atoms. The van der Waals surface area contributed by atoms with Gasteiger partial charge in [-0.3, -0.25) is 14.8 Å². The van der Waals surface area contributed by atoms with Gasteiger partial charge in [-0.15, -0.1) is 10.2 Å². The maximum absolute atomic E-state index is 11.8. The molecule has 0 saturated carbocycles. The number of aromatic nitrogens is 4. The number of nitrogens with zero attached hydrogens (tertiary/aromatic N) is 4. The van der Waals surface area contributed by atoms with Crippen LogP contribution in [0.5, 0.6) is 0 Å². The van der Waals surface area contributed by atoms with Crippen molar-refractivity contribution in [1.29, 1.82) is 0 Å². The predicted molar refractivity (Wildman–Crippen MR) is 88.2 cm³/mol. The molecule has 3 aromatic heterocycles. The maximum Gasteiger partial charge on any atom is 0.252 e. The highest BCUT2D eigenvalue weighted by atomic mass is 32.1. The number of carbonyl (C=O) groups excluding carboxylic acids is 1. The molecule has 3 heterocycles. The Morgan fingerprint density at radius 1 is 1.09 bits per heavy atom. The summed E-state index contributed by atoms with van der Waals surface area (Å²) in [7, 11) is 0. The summed E-state index contributed by atoms with van der Waals surface area (Å²) in [4.78, 5) is 20.0. The van der Waals surface area contributed by atoms with Gasteiger partial charge in [0.1, 0.15) is 5.69 Å². The monoisotopic (exact) mass is 326 g/mol. The van der Waals surface area contributed by atoms with E-state index in [4.69, 9.17) is 0 Å². The Morgan fingerprint density at radius 3 is 2.83 bits per heavy atom. The van der Waals surface area contributed by atoms with Crippen LogP contribution in [0.1, 0.15) is 10.4 Å². The number of carbonyl (C=O) groups is 1. The fourth-order valence-electron chi connectivity index (χ4n) is 1.83.